The maximum Gasteiger partial charge on any atom is 0.266 e. The van der Waals surface area contributed by atoms with Gasteiger partial charge in [-0.2, -0.15) is 5.10 Å². The van der Waals surface area contributed by atoms with E-state index in [1.165, 1.54) is 23.0 Å². The second-order valence-corrected chi connectivity index (χ2v) is 7.58. The molecule has 4 rings (SSSR count). The predicted octanol–water partition coefficient (Wildman–Crippen LogP) is 2.67. The standard InChI is InChI=1S/C21H18Cl2N4O4/c22-16-4-2-1-3-13(16)10-27-18-5-6-26(21(30)15(18)8-25-27)19-7-20(24-9-17(19)23)31-14(11-28)12-29/h1-9,14,28-29H,10-12H2. The van der Waals surface area contributed by atoms with Gasteiger partial charge in [0.2, 0.25) is 5.88 Å². The number of aromatic nitrogens is 4. The van der Waals surface area contributed by atoms with Crippen LogP contribution in [0, 0.1) is 0 Å². The second-order valence-electron chi connectivity index (χ2n) is 6.76. The van der Waals surface area contributed by atoms with E-state index in [4.69, 9.17) is 27.9 Å². The normalized spacial score (nSPS) is 11.4. The van der Waals surface area contributed by atoms with Gasteiger partial charge < -0.3 is 14.9 Å². The Labute approximate surface area is 186 Å². The Morgan fingerprint density at radius 2 is 1.84 bits per heavy atom. The Morgan fingerprint density at radius 3 is 2.58 bits per heavy atom. The van der Waals surface area contributed by atoms with Crippen LogP contribution in [0.1, 0.15) is 5.56 Å². The lowest BCUT2D eigenvalue weighted by atomic mass is 10.2. The summed E-state index contributed by atoms with van der Waals surface area (Å²) in [4.78, 5) is 17.2. The van der Waals surface area contributed by atoms with Crippen LogP contribution in [0.4, 0.5) is 0 Å². The molecular weight excluding hydrogens is 443 g/mol. The van der Waals surface area contributed by atoms with Crippen LogP contribution in [0.5, 0.6) is 5.88 Å². The van der Waals surface area contributed by atoms with E-state index in [1.807, 2.05) is 18.2 Å². The molecule has 0 fully saturated rings. The number of benzene rings is 1. The Balaban J connectivity index is 1.73. The maximum atomic E-state index is 13.1. The Bertz CT molecular complexity index is 1280. The van der Waals surface area contributed by atoms with E-state index >= 15 is 0 Å². The molecule has 10 heteroatoms. The van der Waals surface area contributed by atoms with Crippen molar-refractivity contribution in [3.05, 3.63) is 81.0 Å². The first kappa shape index (κ1) is 21.3. The SMILES string of the molecule is O=c1c2cnn(Cc3ccccc3Cl)c2ccn1-c1cc(OC(CO)CO)ncc1Cl. The summed E-state index contributed by atoms with van der Waals surface area (Å²) in [6.07, 6.45) is 3.61. The fraction of sp³-hybridized carbons (Fsp3) is 0.190. The molecule has 0 bridgehead atoms. The van der Waals surface area contributed by atoms with Crippen LogP contribution in [-0.2, 0) is 6.54 Å². The molecule has 0 saturated carbocycles. The van der Waals surface area contributed by atoms with Crippen LogP contribution in [0.3, 0.4) is 0 Å². The van der Waals surface area contributed by atoms with Crippen molar-refractivity contribution >= 4 is 34.1 Å². The highest BCUT2D eigenvalue weighted by atomic mass is 35.5. The van der Waals surface area contributed by atoms with Crippen molar-refractivity contribution in [2.75, 3.05) is 13.2 Å². The first-order chi connectivity index (χ1) is 15.0. The smallest absolute Gasteiger partial charge is 0.266 e. The molecule has 0 spiro atoms. The van der Waals surface area contributed by atoms with Gasteiger partial charge in [-0.1, -0.05) is 41.4 Å². The highest BCUT2D eigenvalue weighted by Gasteiger charge is 2.15. The third-order valence-corrected chi connectivity index (χ3v) is 5.41. The third-order valence-electron chi connectivity index (χ3n) is 4.75. The Morgan fingerprint density at radius 1 is 1.06 bits per heavy atom. The van der Waals surface area contributed by atoms with Crippen molar-refractivity contribution in [3.63, 3.8) is 0 Å². The summed E-state index contributed by atoms with van der Waals surface area (Å²) >= 11 is 12.5. The van der Waals surface area contributed by atoms with Gasteiger partial charge in [0.1, 0.15) is 6.10 Å². The zero-order chi connectivity index (χ0) is 22.0. The topological polar surface area (TPSA) is 102 Å². The third kappa shape index (κ3) is 4.28. The number of halogens is 2. The van der Waals surface area contributed by atoms with E-state index in [-0.39, 0.29) is 29.7 Å². The molecule has 0 atom stereocenters. The molecule has 1 aromatic carbocycles. The zero-order valence-corrected chi connectivity index (χ0v) is 17.7. The van der Waals surface area contributed by atoms with E-state index in [9.17, 15) is 15.0 Å². The summed E-state index contributed by atoms with van der Waals surface area (Å²) in [5, 5.41) is 24.0. The lowest BCUT2D eigenvalue weighted by Crippen LogP contribution is -2.26. The monoisotopic (exact) mass is 460 g/mol. The Kier molecular flexibility index (Phi) is 6.24. The number of pyridine rings is 2. The van der Waals surface area contributed by atoms with E-state index < -0.39 is 6.10 Å². The predicted molar refractivity (Wildman–Crippen MR) is 117 cm³/mol. The van der Waals surface area contributed by atoms with Gasteiger partial charge in [-0.15, -0.1) is 0 Å². The number of nitrogens with zero attached hydrogens (tertiary/aromatic N) is 4. The second kappa shape index (κ2) is 9.07. The molecule has 0 unspecified atom stereocenters. The van der Waals surface area contributed by atoms with E-state index in [2.05, 4.69) is 10.1 Å². The first-order valence-corrected chi connectivity index (χ1v) is 10.1. The molecule has 160 valence electrons. The van der Waals surface area contributed by atoms with Crippen LogP contribution >= 0.6 is 23.2 Å². The lowest BCUT2D eigenvalue weighted by Gasteiger charge is -2.15. The summed E-state index contributed by atoms with van der Waals surface area (Å²) < 4.78 is 8.50. The molecule has 31 heavy (non-hydrogen) atoms. The number of aliphatic hydroxyl groups excluding tert-OH is 2. The van der Waals surface area contributed by atoms with Crippen molar-refractivity contribution in [2.24, 2.45) is 0 Å². The molecule has 3 aromatic heterocycles. The van der Waals surface area contributed by atoms with Crippen molar-refractivity contribution in [1.82, 2.24) is 19.3 Å². The maximum absolute atomic E-state index is 13.1. The average molecular weight is 461 g/mol. The molecule has 0 amide bonds. The summed E-state index contributed by atoms with van der Waals surface area (Å²) in [7, 11) is 0. The fourth-order valence-corrected chi connectivity index (χ4v) is 3.53. The van der Waals surface area contributed by atoms with Gasteiger partial charge in [-0.25, -0.2) is 4.98 Å². The van der Waals surface area contributed by atoms with E-state index in [0.717, 1.165) is 5.56 Å². The zero-order valence-electron chi connectivity index (χ0n) is 16.2. The molecule has 0 radical (unpaired) electrons. The van der Waals surface area contributed by atoms with Crippen molar-refractivity contribution in [3.8, 4) is 11.6 Å². The number of hydrogen-bond acceptors (Lipinski definition) is 6. The van der Waals surface area contributed by atoms with Gasteiger partial charge in [0.05, 0.1) is 53.8 Å². The lowest BCUT2D eigenvalue weighted by molar-refractivity contribution is 0.0597. The summed E-state index contributed by atoms with van der Waals surface area (Å²) in [5.74, 6) is 0.119. The van der Waals surface area contributed by atoms with Crippen molar-refractivity contribution < 1.29 is 14.9 Å². The number of hydrogen-bond donors (Lipinski definition) is 2. The van der Waals surface area contributed by atoms with Gasteiger partial charge in [0.25, 0.3) is 5.56 Å². The molecule has 0 aliphatic carbocycles. The minimum absolute atomic E-state index is 0.119. The van der Waals surface area contributed by atoms with Crippen LogP contribution < -0.4 is 10.3 Å². The summed E-state index contributed by atoms with van der Waals surface area (Å²) in [6, 6.07) is 10.7. The van der Waals surface area contributed by atoms with Gasteiger partial charge in [-0.05, 0) is 17.7 Å². The van der Waals surface area contributed by atoms with Crippen LogP contribution in [0.2, 0.25) is 10.0 Å². The molecule has 2 N–H and O–H groups in total. The van der Waals surface area contributed by atoms with Gasteiger partial charge in [0, 0.05) is 17.3 Å². The van der Waals surface area contributed by atoms with Gasteiger partial charge >= 0.3 is 0 Å². The highest BCUT2D eigenvalue weighted by Crippen LogP contribution is 2.24. The minimum atomic E-state index is -0.830. The van der Waals surface area contributed by atoms with Crippen molar-refractivity contribution in [2.45, 2.75) is 12.6 Å². The Hall–Kier alpha value is -2.91. The van der Waals surface area contributed by atoms with Gasteiger partial charge in [0.15, 0.2) is 0 Å². The minimum Gasteiger partial charge on any atom is -0.469 e. The molecule has 0 saturated heterocycles. The molecule has 8 nitrogen and oxygen atoms in total. The molecule has 0 aliphatic heterocycles. The first-order valence-electron chi connectivity index (χ1n) is 9.36. The fourth-order valence-electron chi connectivity index (χ4n) is 3.14. The quantitative estimate of drug-likeness (QED) is 0.439. The highest BCUT2D eigenvalue weighted by molar-refractivity contribution is 6.32. The summed E-state index contributed by atoms with van der Waals surface area (Å²) in [5.41, 5.74) is 1.58. The van der Waals surface area contributed by atoms with Crippen molar-refractivity contribution in [1.29, 1.82) is 0 Å². The molecule has 0 aliphatic rings. The number of aliphatic hydroxyl groups is 2. The molecular formula is C21H18Cl2N4O4. The van der Waals surface area contributed by atoms with E-state index in [0.29, 0.717) is 28.2 Å². The van der Waals surface area contributed by atoms with Gasteiger partial charge in [-0.3, -0.25) is 14.0 Å². The largest absolute Gasteiger partial charge is 0.469 e. The molecule has 4 aromatic rings. The molecule has 3 heterocycles. The van der Waals surface area contributed by atoms with Crippen LogP contribution in [0.25, 0.3) is 16.6 Å². The summed E-state index contributed by atoms with van der Waals surface area (Å²) in [6.45, 7) is -0.344. The number of rotatable bonds is 7. The average Bonchev–Trinajstić information content (AvgIpc) is 3.19. The van der Waals surface area contributed by atoms with Crippen LogP contribution in [-0.4, -0.2) is 48.9 Å². The number of fused-ring (bicyclic) bond motifs is 1. The van der Waals surface area contributed by atoms with E-state index in [1.54, 1.807) is 23.0 Å². The number of ether oxygens (including phenoxy) is 1. The van der Waals surface area contributed by atoms with Crippen LogP contribution in [0.15, 0.2) is 59.8 Å².